The number of aliphatic imine (C=N–C) groups is 1. The second kappa shape index (κ2) is 10.4. The van der Waals surface area contributed by atoms with Crippen molar-refractivity contribution >= 4 is 5.96 Å². The fourth-order valence-corrected chi connectivity index (χ4v) is 4.09. The monoisotopic (exact) mass is 396 g/mol. The van der Waals surface area contributed by atoms with Gasteiger partial charge in [0.05, 0.1) is 13.1 Å². The molecule has 2 aromatic rings. The number of hydrogen-bond acceptors (Lipinski definition) is 3. The second-order valence-corrected chi connectivity index (χ2v) is 8.42. The molecule has 0 saturated heterocycles. The third-order valence-electron chi connectivity index (χ3n) is 6.41. The van der Waals surface area contributed by atoms with Crippen LogP contribution in [0, 0.1) is 18.8 Å². The van der Waals surface area contributed by atoms with Gasteiger partial charge in [-0.25, -0.2) is 4.99 Å². The molecular formula is C23H36N6. The van der Waals surface area contributed by atoms with Crippen molar-refractivity contribution in [3.8, 4) is 0 Å². The van der Waals surface area contributed by atoms with Crippen LogP contribution in [0.1, 0.15) is 63.2 Å². The molecule has 0 bridgehead atoms. The van der Waals surface area contributed by atoms with Crippen LogP contribution in [0.15, 0.2) is 35.3 Å². The molecule has 6 heteroatoms. The van der Waals surface area contributed by atoms with Gasteiger partial charge in [-0.15, -0.1) is 10.2 Å². The highest BCUT2D eigenvalue weighted by Crippen LogP contribution is 2.31. The summed E-state index contributed by atoms with van der Waals surface area (Å²) in [6, 6.07) is 10.7. The average molecular weight is 397 g/mol. The zero-order chi connectivity index (χ0) is 20.6. The van der Waals surface area contributed by atoms with E-state index in [1.807, 2.05) is 24.6 Å². The lowest BCUT2D eigenvalue weighted by Crippen LogP contribution is -2.46. The maximum atomic E-state index is 4.85. The molecule has 1 aliphatic carbocycles. The molecule has 1 saturated carbocycles. The van der Waals surface area contributed by atoms with Gasteiger partial charge in [0.25, 0.3) is 0 Å². The lowest BCUT2D eigenvalue weighted by Gasteiger charge is -2.33. The van der Waals surface area contributed by atoms with Crippen LogP contribution in [-0.4, -0.2) is 26.8 Å². The summed E-state index contributed by atoms with van der Waals surface area (Å²) in [4.78, 5) is 4.85. The quantitative estimate of drug-likeness (QED) is 0.549. The maximum Gasteiger partial charge on any atom is 0.192 e. The summed E-state index contributed by atoms with van der Waals surface area (Å²) in [5, 5.41) is 15.5. The number of nitrogens with one attached hydrogen (secondary N) is 2. The standard InChI is InChI=1S/C23H36N6/c1-17(21-13-9-6-10-14-21)18(2)26-23(24-15-20-11-7-5-8-12-20)25-16-22-28-27-19(3)29(22)4/h5,7-8,11-12,17-18,21H,6,9-10,13-16H2,1-4H3,(H2,24,25,26). The molecule has 0 spiro atoms. The minimum absolute atomic E-state index is 0.362. The molecule has 3 rings (SSSR count). The molecule has 0 aliphatic heterocycles. The van der Waals surface area contributed by atoms with Gasteiger partial charge < -0.3 is 15.2 Å². The molecular weight excluding hydrogens is 360 g/mol. The van der Waals surface area contributed by atoms with Crippen LogP contribution in [0.5, 0.6) is 0 Å². The van der Waals surface area contributed by atoms with Crippen LogP contribution < -0.4 is 10.6 Å². The number of benzene rings is 1. The zero-order valence-corrected chi connectivity index (χ0v) is 18.4. The van der Waals surface area contributed by atoms with E-state index in [9.17, 15) is 0 Å². The van der Waals surface area contributed by atoms with Gasteiger partial charge in [-0.1, -0.05) is 69.4 Å². The molecule has 29 heavy (non-hydrogen) atoms. The first-order valence-electron chi connectivity index (χ1n) is 11.0. The Hall–Kier alpha value is -2.37. The van der Waals surface area contributed by atoms with Gasteiger partial charge in [0.15, 0.2) is 11.8 Å². The molecule has 2 unspecified atom stereocenters. The van der Waals surface area contributed by atoms with Crippen molar-refractivity contribution in [3.05, 3.63) is 47.5 Å². The van der Waals surface area contributed by atoms with E-state index in [1.54, 1.807) is 0 Å². The molecule has 158 valence electrons. The highest BCUT2D eigenvalue weighted by molar-refractivity contribution is 5.80. The zero-order valence-electron chi connectivity index (χ0n) is 18.4. The van der Waals surface area contributed by atoms with Crippen molar-refractivity contribution in [1.82, 2.24) is 25.4 Å². The molecule has 1 aromatic heterocycles. The second-order valence-electron chi connectivity index (χ2n) is 8.42. The Labute approximate surface area is 175 Å². The third-order valence-corrected chi connectivity index (χ3v) is 6.41. The number of rotatable bonds is 7. The van der Waals surface area contributed by atoms with Crippen molar-refractivity contribution in [1.29, 1.82) is 0 Å². The lowest BCUT2D eigenvalue weighted by atomic mass is 9.78. The fraction of sp³-hybridized carbons (Fsp3) is 0.609. The summed E-state index contributed by atoms with van der Waals surface area (Å²) in [7, 11) is 1.99. The Kier molecular flexibility index (Phi) is 7.67. The Bertz CT molecular complexity index is 776. The fourth-order valence-electron chi connectivity index (χ4n) is 4.09. The van der Waals surface area contributed by atoms with E-state index < -0.39 is 0 Å². The number of aryl methyl sites for hydroxylation is 1. The minimum atomic E-state index is 0.362. The van der Waals surface area contributed by atoms with Crippen molar-refractivity contribution in [2.75, 3.05) is 0 Å². The predicted octanol–water partition coefficient (Wildman–Crippen LogP) is 3.96. The summed E-state index contributed by atoms with van der Waals surface area (Å²) < 4.78 is 2.01. The van der Waals surface area contributed by atoms with Crippen molar-refractivity contribution in [2.24, 2.45) is 23.9 Å². The van der Waals surface area contributed by atoms with E-state index in [1.165, 1.54) is 37.7 Å². The van der Waals surface area contributed by atoms with Gasteiger partial charge in [-0.3, -0.25) is 0 Å². The highest BCUT2D eigenvalue weighted by Gasteiger charge is 2.25. The third kappa shape index (κ3) is 6.05. The summed E-state index contributed by atoms with van der Waals surface area (Å²) in [5.74, 6) is 4.09. The van der Waals surface area contributed by atoms with Crippen molar-refractivity contribution in [2.45, 2.75) is 72.0 Å². The van der Waals surface area contributed by atoms with Crippen LogP contribution in [0.3, 0.4) is 0 Å². The van der Waals surface area contributed by atoms with E-state index in [0.717, 1.165) is 23.5 Å². The molecule has 1 aliphatic rings. The summed E-state index contributed by atoms with van der Waals surface area (Å²) in [6.45, 7) is 7.88. The average Bonchev–Trinajstić information content (AvgIpc) is 3.08. The van der Waals surface area contributed by atoms with E-state index in [-0.39, 0.29) is 0 Å². The van der Waals surface area contributed by atoms with Gasteiger partial charge in [0, 0.05) is 13.1 Å². The minimum Gasteiger partial charge on any atom is -0.354 e. The number of aromatic nitrogens is 3. The Balaban J connectivity index is 1.66. The predicted molar refractivity (Wildman–Crippen MR) is 118 cm³/mol. The van der Waals surface area contributed by atoms with Crippen LogP contribution in [0.25, 0.3) is 0 Å². The molecule has 2 atom stereocenters. The van der Waals surface area contributed by atoms with Crippen LogP contribution in [-0.2, 0) is 20.1 Å². The SMILES string of the molecule is Cc1nnc(CNC(=NCc2ccccc2)NC(C)C(C)C2CCCCC2)n1C. The molecule has 2 N–H and O–H groups in total. The first-order chi connectivity index (χ1) is 14.0. The summed E-state index contributed by atoms with van der Waals surface area (Å²) >= 11 is 0. The van der Waals surface area contributed by atoms with E-state index in [2.05, 4.69) is 58.9 Å². The van der Waals surface area contributed by atoms with Crippen LogP contribution in [0.2, 0.25) is 0 Å². The molecule has 0 amide bonds. The van der Waals surface area contributed by atoms with Crippen molar-refractivity contribution < 1.29 is 0 Å². The Morgan fingerprint density at radius 1 is 1.14 bits per heavy atom. The summed E-state index contributed by atoms with van der Waals surface area (Å²) in [6.07, 6.45) is 6.86. The molecule has 6 nitrogen and oxygen atoms in total. The van der Waals surface area contributed by atoms with Crippen LogP contribution >= 0.6 is 0 Å². The van der Waals surface area contributed by atoms with Gasteiger partial charge >= 0.3 is 0 Å². The van der Waals surface area contributed by atoms with Crippen LogP contribution in [0.4, 0.5) is 0 Å². The Morgan fingerprint density at radius 2 is 1.86 bits per heavy atom. The molecule has 1 aromatic carbocycles. The summed E-state index contributed by atoms with van der Waals surface area (Å²) in [5.41, 5.74) is 1.20. The number of nitrogens with zero attached hydrogens (tertiary/aromatic N) is 4. The molecule has 1 fully saturated rings. The van der Waals surface area contributed by atoms with Gasteiger partial charge in [0.2, 0.25) is 0 Å². The van der Waals surface area contributed by atoms with E-state index in [4.69, 9.17) is 4.99 Å². The van der Waals surface area contributed by atoms with Gasteiger partial charge in [-0.05, 0) is 31.2 Å². The molecule has 0 radical (unpaired) electrons. The Morgan fingerprint density at radius 3 is 2.52 bits per heavy atom. The number of guanidine groups is 1. The van der Waals surface area contributed by atoms with Gasteiger partial charge in [-0.2, -0.15) is 0 Å². The number of hydrogen-bond donors (Lipinski definition) is 2. The highest BCUT2D eigenvalue weighted by atomic mass is 15.3. The first-order valence-corrected chi connectivity index (χ1v) is 11.0. The topological polar surface area (TPSA) is 67.1 Å². The first kappa shape index (κ1) is 21.3. The largest absolute Gasteiger partial charge is 0.354 e. The normalized spacial score (nSPS) is 17.7. The van der Waals surface area contributed by atoms with Crippen molar-refractivity contribution in [3.63, 3.8) is 0 Å². The molecule has 1 heterocycles. The van der Waals surface area contributed by atoms with Gasteiger partial charge in [0.1, 0.15) is 5.82 Å². The van der Waals surface area contributed by atoms with E-state index in [0.29, 0.717) is 25.0 Å². The maximum absolute atomic E-state index is 4.85. The lowest BCUT2D eigenvalue weighted by molar-refractivity contribution is 0.229. The smallest absolute Gasteiger partial charge is 0.192 e. The van der Waals surface area contributed by atoms with E-state index >= 15 is 0 Å².